The van der Waals surface area contributed by atoms with Crippen LogP contribution in [0.15, 0.2) is 12.4 Å². The highest BCUT2D eigenvalue weighted by atomic mass is 16.5. The Morgan fingerprint density at radius 3 is 2.22 bits per heavy atom. The van der Waals surface area contributed by atoms with E-state index in [0.29, 0.717) is 13.2 Å². The first-order valence-electron chi connectivity index (χ1n) is 6.00. The van der Waals surface area contributed by atoms with Crippen molar-refractivity contribution in [3.05, 3.63) is 18.1 Å². The molecule has 0 aliphatic carbocycles. The van der Waals surface area contributed by atoms with Crippen molar-refractivity contribution in [3.8, 4) is 0 Å². The highest BCUT2D eigenvalue weighted by Crippen LogP contribution is 2.08. The molecule has 6 heteroatoms. The Bertz CT molecular complexity index is 310. The lowest BCUT2D eigenvalue weighted by atomic mass is 10.4. The molecule has 0 amide bonds. The number of ether oxygens (including phenoxy) is 2. The number of nitrogens with one attached hydrogen (secondary N) is 1. The summed E-state index contributed by atoms with van der Waals surface area (Å²) in [5.41, 5.74) is 0.930. The summed E-state index contributed by atoms with van der Waals surface area (Å²) in [5.74, 6) is 0.851. The molecule has 0 aliphatic rings. The van der Waals surface area contributed by atoms with E-state index in [-0.39, 0.29) is 0 Å². The number of methoxy groups -OCH3 is 2. The van der Waals surface area contributed by atoms with Crippen molar-refractivity contribution in [1.29, 1.82) is 0 Å². The minimum Gasteiger partial charge on any atom is -0.383 e. The molecule has 102 valence electrons. The van der Waals surface area contributed by atoms with Gasteiger partial charge in [-0.2, -0.15) is 0 Å². The summed E-state index contributed by atoms with van der Waals surface area (Å²) in [6, 6.07) is 0. The van der Waals surface area contributed by atoms with Gasteiger partial charge in [0, 0.05) is 33.9 Å². The van der Waals surface area contributed by atoms with Crippen LogP contribution < -0.4 is 10.2 Å². The lowest BCUT2D eigenvalue weighted by molar-refractivity contribution is 0.190. The number of hydrogen-bond acceptors (Lipinski definition) is 6. The molecular formula is C12H22N4O2. The summed E-state index contributed by atoms with van der Waals surface area (Å²) in [4.78, 5) is 10.9. The normalized spacial score (nSPS) is 10.6. The average Bonchev–Trinajstić information content (AvgIpc) is 2.41. The van der Waals surface area contributed by atoms with Gasteiger partial charge in [0.25, 0.3) is 0 Å². The van der Waals surface area contributed by atoms with Gasteiger partial charge >= 0.3 is 0 Å². The van der Waals surface area contributed by atoms with Crippen LogP contribution in [0.25, 0.3) is 0 Å². The van der Waals surface area contributed by atoms with Gasteiger partial charge in [-0.1, -0.05) is 0 Å². The lowest BCUT2D eigenvalue weighted by Crippen LogP contribution is -2.31. The fourth-order valence-corrected chi connectivity index (χ4v) is 1.53. The molecule has 0 bridgehead atoms. The van der Waals surface area contributed by atoms with E-state index in [0.717, 1.165) is 31.1 Å². The van der Waals surface area contributed by atoms with E-state index in [9.17, 15) is 0 Å². The van der Waals surface area contributed by atoms with E-state index >= 15 is 0 Å². The van der Waals surface area contributed by atoms with Crippen LogP contribution in [0.3, 0.4) is 0 Å². The third kappa shape index (κ3) is 4.95. The molecule has 1 aromatic rings. The molecule has 0 unspecified atom stereocenters. The van der Waals surface area contributed by atoms with Crippen molar-refractivity contribution < 1.29 is 9.47 Å². The number of rotatable bonds is 9. The van der Waals surface area contributed by atoms with Gasteiger partial charge in [0.2, 0.25) is 0 Å². The molecule has 1 aromatic heterocycles. The molecule has 1 heterocycles. The topological polar surface area (TPSA) is 59.5 Å². The van der Waals surface area contributed by atoms with Crippen molar-refractivity contribution in [3.63, 3.8) is 0 Å². The largest absolute Gasteiger partial charge is 0.383 e. The highest BCUT2D eigenvalue weighted by Gasteiger charge is 2.08. The zero-order valence-electron chi connectivity index (χ0n) is 11.3. The first kappa shape index (κ1) is 14.8. The number of nitrogens with zero attached hydrogens (tertiary/aromatic N) is 3. The Labute approximate surface area is 108 Å². The van der Waals surface area contributed by atoms with Crippen molar-refractivity contribution in [2.75, 3.05) is 52.5 Å². The molecule has 0 atom stereocenters. The molecule has 0 aliphatic heterocycles. The summed E-state index contributed by atoms with van der Waals surface area (Å²) in [6.07, 6.45) is 3.58. The molecule has 0 spiro atoms. The van der Waals surface area contributed by atoms with Crippen molar-refractivity contribution in [2.24, 2.45) is 0 Å². The molecule has 0 saturated heterocycles. The quantitative estimate of drug-likeness (QED) is 0.684. The van der Waals surface area contributed by atoms with E-state index in [1.807, 2.05) is 7.05 Å². The minimum absolute atomic E-state index is 0.656. The van der Waals surface area contributed by atoms with E-state index in [4.69, 9.17) is 9.47 Å². The van der Waals surface area contributed by atoms with Crippen molar-refractivity contribution >= 4 is 5.82 Å². The maximum Gasteiger partial charge on any atom is 0.147 e. The molecular weight excluding hydrogens is 232 g/mol. The maximum atomic E-state index is 5.10. The van der Waals surface area contributed by atoms with E-state index in [1.165, 1.54) is 0 Å². The number of anilines is 1. The smallest absolute Gasteiger partial charge is 0.147 e. The van der Waals surface area contributed by atoms with E-state index in [1.54, 1.807) is 26.6 Å². The van der Waals surface area contributed by atoms with Gasteiger partial charge in [-0.05, 0) is 7.05 Å². The Morgan fingerprint density at radius 2 is 1.78 bits per heavy atom. The standard InChI is InChI=1S/C12H22N4O2/c1-13-8-11-9-15-12(10-14-11)16(4-6-17-2)5-7-18-3/h9-10,13H,4-8H2,1-3H3. The third-order valence-electron chi connectivity index (χ3n) is 2.50. The van der Waals surface area contributed by atoms with Gasteiger partial charge in [-0.25, -0.2) is 4.98 Å². The van der Waals surface area contributed by atoms with Gasteiger partial charge in [0.05, 0.1) is 31.3 Å². The first-order chi connectivity index (χ1) is 8.81. The van der Waals surface area contributed by atoms with Crippen LogP contribution in [0.1, 0.15) is 5.69 Å². The molecule has 18 heavy (non-hydrogen) atoms. The third-order valence-corrected chi connectivity index (χ3v) is 2.50. The van der Waals surface area contributed by atoms with Crippen LogP contribution >= 0.6 is 0 Å². The molecule has 1 rings (SSSR count). The Morgan fingerprint density at radius 1 is 1.11 bits per heavy atom. The predicted molar refractivity (Wildman–Crippen MR) is 70.8 cm³/mol. The fourth-order valence-electron chi connectivity index (χ4n) is 1.53. The summed E-state index contributed by atoms with van der Waals surface area (Å²) in [7, 11) is 5.27. The molecule has 1 N–H and O–H groups in total. The van der Waals surface area contributed by atoms with Gasteiger partial charge in [-0.3, -0.25) is 4.98 Å². The second-order valence-electron chi connectivity index (χ2n) is 3.87. The molecule has 0 saturated carbocycles. The number of hydrogen-bond donors (Lipinski definition) is 1. The van der Waals surface area contributed by atoms with Crippen LogP contribution in [-0.2, 0) is 16.0 Å². The SMILES string of the molecule is CNCc1cnc(N(CCOC)CCOC)cn1. The predicted octanol–water partition coefficient (Wildman–Crippen LogP) is 0.295. The minimum atomic E-state index is 0.656. The zero-order valence-corrected chi connectivity index (χ0v) is 11.3. The van der Waals surface area contributed by atoms with E-state index < -0.39 is 0 Å². The maximum absolute atomic E-state index is 5.10. The summed E-state index contributed by atoms with van der Waals surface area (Å²) in [6.45, 7) is 3.59. The molecule has 6 nitrogen and oxygen atoms in total. The summed E-state index contributed by atoms with van der Waals surface area (Å²) >= 11 is 0. The Kier molecular flexibility index (Phi) is 7.24. The van der Waals surface area contributed by atoms with Crippen LogP contribution in [0, 0.1) is 0 Å². The Balaban J connectivity index is 2.64. The second kappa shape index (κ2) is 8.79. The Hall–Kier alpha value is -1.24. The first-order valence-corrected chi connectivity index (χ1v) is 6.00. The van der Waals surface area contributed by atoms with Crippen molar-refractivity contribution in [1.82, 2.24) is 15.3 Å². The van der Waals surface area contributed by atoms with Crippen LogP contribution in [-0.4, -0.2) is 57.5 Å². The van der Waals surface area contributed by atoms with Gasteiger partial charge in [0.15, 0.2) is 0 Å². The number of aromatic nitrogens is 2. The second-order valence-corrected chi connectivity index (χ2v) is 3.87. The summed E-state index contributed by atoms with van der Waals surface area (Å²) < 4.78 is 10.2. The van der Waals surface area contributed by atoms with Crippen LogP contribution in [0.2, 0.25) is 0 Å². The van der Waals surface area contributed by atoms with Gasteiger partial charge in [-0.15, -0.1) is 0 Å². The monoisotopic (exact) mass is 254 g/mol. The zero-order chi connectivity index (χ0) is 13.2. The van der Waals surface area contributed by atoms with Gasteiger partial charge < -0.3 is 19.7 Å². The fraction of sp³-hybridized carbons (Fsp3) is 0.667. The van der Waals surface area contributed by atoms with Crippen LogP contribution in [0.4, 0.5) is 5.82 Å². The molecule has 0 fully saturated rings. The average molecular weight is 254 g/mol. The van der Waals surface area contributed by atoms with Crippen molar-refractivity contribution in [2.45, 2.75) is 6.54 Å². The highest BCUT2D eigenvalue weighted by molar-refractivity contribution is 5.35. The van der Waals surface area contributed by atoms with Crippen LogP contribution in [0.5, 0.6) is 0 Å². The molecule has 0 aromatic carbocycles. The van der Waals surface area contributed by atoms with Gasteiger partial charge in [0.1, 0.15) is 5.82 Å². The molecule has 0 radical (unpaired) electrons. The lowest BCUT2D eigenvalue weighted by Gasteiger charge is -2.22. The summed E-state index contributed by atoms with van der Waals surface area (Å²) in [5, 5.41) is 3.05. The van der Waals surface area contributed by atoms with E-state index in [2.05, 4.69) is 20.2 Å².